The Morgan fingerprint density at radius 2 is 1.95 bits per heavy atom. The van der Waals surface area contributed by atoms with Crippen molar-refractivity contribution in [3.63, 3.8) is 0 Å². The van der Waals surface area contributed by atoms with E-state index in [1.807, 2.05) is 13.8 Å². The average molecular weight is 271 g/mol. The van der Waals surface area contributed by atoms with Crippen LogP contribution in [0.2, 0.25) is 0 Å². The average Bonchev–Trinajstić information content (AvgIpc) is 2.43. The Morgan fingerprint density at radius 1 is 1.32 bits per heavy atom. The van der Waals surface area contributed by atoms with Gasteiger partial charge in [0.05, 0.1) is 5.41 Å². The number of carbonyl (C=O) groups excluding carboxylic acids is 1. The van der Waals surface area contributed by atoms with Crippen LogP contribution in [-0.4, -0.2) is 36.2 Å². The van der Waals surface area contributed by atoms with Crippen LogP contribution in [0, 0.1) is 5.41 Å². The number of carboxylic acid groups (broad SMARTS) is 1. The van der Waals surface area contributed by atoms with Crippen LogP contribution in [0.4, 0.5) is 0 Å². The van der Waals surface area contributed by atoms with Gasteiger partial charge in [-0.05, 0) is 25.7 Å². The molecule has 1 aliphatic rings. The summed E-state index contributed by atoms with van der Waals surface area (Å²) in [6, 6.07) is -0.765. The second kappa shape index (κ2) is 7.48. The van der Waals surface area contributed by atoms with E-state index in [-0.39, 0.29) is 5.91 Å². The Bertz CT molecular complexity index is 311. The van der Waals surface area contributed by atoms with Gasteiger partial charge in [-0.15, -0.1) is 0 Å². The molecule has 110 valence electrons. The van der Waals surface area contributed by atoms with Crippen LogP contribution in [0.15, 0.2) is 0 Å². The number of nitrogens with one attached hydrogen (secondary N) is 1. The number of carboxylic acids is 1. The van der Waals surface area contributed by atoms with Crippen LogP contribution in [-0.2, 0) is 14.3 Å². The number of amides is 1. The van der Waals surface area contributed by atoms with Gasteiger partial charge >= 0.3 is 5.97 Å². The topological polar surface area (TPSA) is 75.6 Å². The lowest BCUT2D eigenvalue weighted by molar-refractivity contribution is -0.146. The Kier molecular flexibility index (Phi) is 6.28. The Labute approximate surface area is 114 Å². The SMILES string of the molecule is CCCC[C@H](NC(=O)C1(CC)CCOCC1)C(=O)O. The highest BCUT2D eigenvalue weighted by atomic mass is 16.5. The third kappa shape index (κ3) is 4.20. The molecular formula is C14H25NO4. The van der Waals surface area contributed by atoms with Crippen LogP contribution < -0.4 is 5.32 Å². The smallest absolute Gasteiger partial charge is 0.326 e. The van der Waals surface area contributed by atoms with Crippen molar-refractivity contribution in [2.45, 2.75) is 58.4 Å². The molecule has 0 spiro atoms. The van der Waals surface area contributed by atoms with Crippen molar-refractivity contribution in [2.24, 2.45) is 5.41 Å². The summed E-state index contributed by atoms with van der Waals surface area (Å²) >= 11 is 0. The van der Waals surface area contributed by atoms with E-state index in [2.05, 4.69) is 5.32 Å². The van der Waals surface area contributed by atoms with Crippen molar-refractivity contribution in [1.29, 1.82) is 0 Å². The van der Waals surface area contributed by atoms with E-state index in [9.17, 15) is 9.59 Å². The summed E-state index contributed by atoms with van der Waals surface area (Å²) in [4.78, 5) is 23.6. The Balaban J connectivity index is 2.65. The van der Waals surface area contributed by atoms with Gasteiger partial charge in [-0.3, -0.25) is 4.79 Å². The summed E-state index contributed by atoms with van der Waals surface area (Å²) in [6.07, 6.45) is 4.30. The van der Waals surface area contributed by atoms with Crippen LogP contribution in [0.25, 0.3) is 0 Å². The molecule has 5 nitrogen and oxygen atoms in total. The summed E-state index contributed by atoms with van der Waals surface area (Å²) in [5.41, 5.74) is -0.446. The summed E-state index contributed by atoms with van der Waals surface area (Å²) in [6.45, 7) is 5.14. The molecule has 1 rings (SSSR count). The van der Waals surface area contributed by atoms with E-state index >= 15 is 0 Å². The fourth-order valence-electron chi connectivity index (χ4n) is 2.48. The molecule has 1 atom stereocenters. The zero-order valence-electron chi connectivity index (χ0n) is 11.9. The number of ether oxygens (including phenoxy) is 1. The minimum atomic E-state index is -0.944. The summed E-state index contributed by atoms with van der Waals surface area (Å²) in [5, 5.41) is 11.9. The molecule has 0 aliphatic carbocycles. The van der Waals surface area contributed by atoms with Crippen molar-refractivity contribution < 1.29 is 19.4 Å². The van der Waals surface area contributed by atoms with Gasteiger partial charge in [0.25, 0.3) is 0 Å². The van der Waals surface area contributed by atoms with Crippen LogP contribution in [0.1, 0.15) is 52.4 Å². The second-order valence-corrected chi connectivity index (χ2v) is 5.25. The second-order valence-electron chi connectivity index (χ2n) is 5.25. The highest BCUT2D eigenvalue weighted by molar-refractivity contribution is 5.87. The summed E-state index contributed by atoms with van der Waals surface area (Å²) < 4.78 is 5.30. The van der Waals surface area contributed by atoms with E-state index in [0.717, 1.165) is 19.3 Å². The molecule has 0 radical (unpaired) electrons. The molecule has 1 aliphatic heterocycles. The zero-order chi connectivity index (χ0) is 14.3. The first kappa shape index (κ1) is 16.0. The number of hydrogen-bond acceptors (Lipinski definition) is 3. The molecule has 1 heterocycles. The molecule has 1 saturated heterocycles. The first-order valence-electron chi connectivity index (χ1n) is 7.17. The van der Waals surface area contributed by atoms with Gasteiger partial charge in [0.1, 0.15) is 6.04 Å². The Morgan fingerprint density at radius 3 is 2.42 bits per heavy atom. The first-order chi connectivity index (χ1) is 9.05. The van der Waals surface area contributed by atoms with E-state index in [0.29, 0.717) is 32.5 Å². The van der Waals surface area contributed by atoms with Gasteiger partial charge in [0, 0.05) is 13.2 Å². The lowest BCUT2D eigenvalue weighted by Gasteiger charge is -2.35. The number of aliphatic carboxylic acids is 1. The molecule has 19 heavy (non-hydrogen) atoms. The fraction of sp³-hybridized carbons (Fsp3) is 0.857. The van der Waals surface area contributed by atoms with E-state index in [1.165, 1.54) is 0 Å². The van der Waals surface area contributed by atoms with Gasteiger partial charge in [-0.2, -0.15) is 0 Å². The first-order valence-corrected chi connectivity index (χ1v) is 7.17. The molecule has 0 aromatic heterocycles. The molecule has 0 aromatic rings. The Hall–Kier alpha value is -1.10. The normalized spacial score (nSPS) is 19.7. The quantitative estimate of drug-likeness (QED) is 0.742. The third-order valence-corrected chi connectivity index (χ3v) is 4.06. The van der Waals surface area contributed by atoms with Crippen molar-refractivity contribution in [3.05, 3.63) is 0 Å². The highest BCUT2D eigenvalue weighted by Gasteiger charge is 2.39. The van der Waals surface area contributed by atoms with Crippen LogP contribution in [0.5, 0.6) is 0 Å². The molecule has 0 bridgehead atoms. The largest absolute Gasteiger partial charge is 0.480 e. The zero-order valence-corrected chi connectivity index (χ0v) is 11.9. The highest BCUT2D eigenvalue weighted by Crippen LogP contribution is 2.34. The molecular weight excluding hydrogens is 246 g/mol. The predicted octanol–water partition coefficient (Wildman–Crippen LogP) is 1.95. The number of hydrogen-bond donors (Lipinski definition) is 2. The van der Waals surface area contributed by atoms with E-state index in [1.54, 1.807) is 0 Å². The van der Waals surface area contributed by atoms with E-state index < -0.39 is 17.4 Å². The maximum absolute atomic E-state index is 12.4. The molecule has 0 aromatic carbocycles. The van der Waals surface area contributed by atoms with E-state index in [4.69, 9.17) is 9.84 Å². The minimum absolute atomic E-state index is 0.123. The van der Waals surface area contributed by atoms with Gasteiger partial charge in [-0.1, -0.05) is 26.7 Å². The van der Waals surface area contributed by atoms with Crippen molar-refractivity contribution >= 4 is 11.9 Å². The summed E-state index contributed by atoms with van der Waals surface area (Å²) in [5.74, 6) is -1.07. The fourth-order valence-corrected chi connectivity index (χ4v) is 2.48. The molecule has 0 saturated carbocycles. The van der Waals surface area contributed by atoms with Crippen molar-refractivity contribution in [2.75, 3.05) is 13.2 Å². The van der Waals surface area contributed by atoms with Gasteiger partial charge in [0.2, 0.25) is 5.91 Å². The maximum atomic E-state index is 12.4. The van der Waals surface area contributed by atoms with Crippen molar-refractivity contribution in [3.8, 4) is 0 Å². The summed E-state index contributed by atoms with van der Waals surface area (Å²) in [7, 11) is 0. The minimum Gasteiger partial charge on any atom is -0.480 e. The third-order valence-electron chi connectivity index (χ3n) is 4.06. The maximum Gasteiger partial charge on any atom is 0.326 e. The molecule has 5 heteroatoms. The number of unbranched alkanes of at least 4 members (excludes halogenated alkanes) is 1. The standard InChI is InChI=1S/C14H25NO4/c1-3-5-6-11(12(16)17)15-13(18)14(4-2)7-9-19-10-8-14/h11H,3-10H2,1-2H3,(H,15,18)(H,16,17)/t11-/m0/s1. The van der Waals surface area contributed by atoms with Crippen LogP contribution in [0.3, 0.4) is 0 Å². The molecule has 1 fully saturated rings. The lowest BCUT2D eigenvalue weighted by atomic mass is 9.77. The predicted molar refractivity (Wildman–Crippen MR) is 71.9 cm³/mol. The molecule has 1 amide bonds. The molecule has 2 N–H and O–H groups in total. The monoisotopic (exact) mass is 271 g/mol. The van der Waals surface area contributed by atoms with Crippen molar-refractivity contribution in [1.82, 2.24) is 5.32 Å². The number of carbonyl (C=O) groups is 2. The van der Waals surface area contributed by atoms with Gasteiger partial charge in [-0.25, -0.2) is 4.79 Å². The van der Waals surface area contributed by atoms with Gasteiger partial charge < -0.3 is 15.2 Å². The molecule has 0 unspecified atom stereocenters. The van der Waals surface area contributed by atoms with Gasteiger partial charge in [0.15, 0.2) is 0 Å². The lowest BCUT2D eigenvalue weighted by Crippen LogP contribution is -2.50. The van der Waals surface area contributed by atoms with Crippen LogP contribution >= 0.6 is 0 Å². The number of rotatable bonds is 7.